The van der Waals surface area contributed by atoms with E-state index in [1.54, 1.807) is 24.3 Å². The predicted molar refractivity (Wildman–Crippen MR) is 97.3 cm³/mol. The Balaban J connectivity index is 2.56. The van der Waals surface area contributed by atoms with Crippen molar-refractivity contribution in [3.63, 3.8) is 0 Å². The lowest BCUT2D eigenvalue weighted by Crippen LogP contribution is -2.53. The number of nitrogens with one attached hydrogen (secondary N) is 2. The Morgan fingerprint density at radius 1 is 1.23 bits per heavy atom. The summed E-state index contributed by atoms with van der Waals surface area (Å²) < 4.78 is 10.4. The molecular weight excluding hydrogens is 334 g/mol. The Hall–Kier alpha value is -2.85. The summed E-state index contributed by atoms with van der Waals surface area (Å²) in [6.07, 6.45) is -0.851. The molecule has 0 aromatic heterocycles. The third-order valence-corrected chi connectivity index (χ3v) is 3.39. The van der Waals surface area contributed by atoms with Crippen LogP contribution in [0, 0.1) is 17.2 Å². The minimum atomic E-state index is -0.851. The molecule has 26 heavy (non-hydrogen) atoms. The Morgan fingerprint density at radius 2 is 1.85 bits per heavy atom. The lowest BCUT2D eigenvalue weighted by atomic mass is 10.0. The smallest absolute Gasteiger partial charge is 0.419 e. The van der Waals surface area contributed by atoms with Crippen molar-refractivity contribution < 1.29 is 19.1 Å². The molecule has 2 amide bonds. The highest BCUT2D eigenvalue weighted by atomic mass is 16.6. The highest BCUT2D eigenvalue weighted by molar-refractivity contribution is 5.95. The minimum Gasteiger partial charge on any atom is -0.492 e. The molecule has 0 aliphatic carbocycles. The molecule has 2 atom stereocenters. The Labute approximate surface area is 154 Å². The molecule has 0 radical (unpaired) electrons. The first kappa shape index (κ1) is 21.2. The van der Waals surface area contributed by atoms with Gasteiger partial charge in [-0.05, 0) is 44.0 Å². The number of hydrogen-bond donors (Lipinski definition) is 2. The van der Waals surface area contributed by atoms with Crippen LogP contribution in [-0.4, -0.2) is 30.7 Å². The molecule has 0 saturated carbocycles. The summed E-state index contributed by atoms with van der Waals surface area (Å²) >= 11 is 0. The molecule has 1 aromatic rings. The minimum absolute atomic E-state index is 0.0509. The number of carbonyl (C=O) groups excluding carboxylic acids is 2. The normalized spacial score (nSPS) is 12.6. The second-order valence-corrected chi connectivity index (χ2v) is 6.32. The molecule has 140 valence electrons. The zero-order valence-corrected chi connectivity index (χ0v) is 15.5. The van der Waals surface area contributed by atoms with E-state index in [9.17, 15) is 9.59 Å². The summed E-state index contributed by atoms with van der Waals surface area (Å²) in [5.74, 6) is 0.309. The van der Waals surface area contributed by atoms with Crippen molar-refractivity contribution in [2.45, 2.75) is 39.8 Å². The molecule has 1 aromatic carbocycles. The summed E-state index contributed by atoms with van der Waals surface area (Å²) in [6, 6.07) is 8.07. The van der Waals surface area contributed by atoms with Gasteiger partial charge in [0.1, 0.15) is 12.4 Å². The van der Waals surface area contributed by atoms with Crippen molar-refractivity contribution in [2.75, 3.05) is 6.61 Å². The Bertz CT molecular complexity index is 677. The fourth-order valence-corrected chi connectivity index (χ4v) is 2.13. The van der Waals surface area contributed by atoms with Crippen molar-refractivity contribution in [3.05, 3.63) is 42.2 Å². The number of nitriles is 1. The van der Waals surface area contributed by atoms with Gasteiger partial charge in [0.15, 0.2) is 0 Å². The van der Waals surface area contributed by atoms with E-state index in [1.807, 2.05) is 26.8 Å². The first-order valence-corrected chi connectivity index (χ1v) is 8.30. The molecule has 0 heterocycles. The lowest BCUT2D eigenvalue weighted by Gasteiger charge is -2.25. The highest BCUT2D eigenvalue weighted by Gasteiger charge is 2.26. The van der Waals surface area contributed by atoms with Crippen LogP contribution in [0.4, 0.5) is 4.79 Å². The first-order chi connectivity index (χ1) is 12.2. The number of imide groups is 1. The zero-order chi connectivity index (χ0) is 19.7. The van der Waals surface area contributed by atoms with Gasteiger partial charge >= 0.3 is 6.09 Å². The quantitative estimate of drug-likeness (QED) is 0.692. The number of carbonyl (C=O) groups is 2. The van der Waals surface area contributed by atoms with E-state index < -0.39 is 18.0 Å². The largest absolute Gasteiger partial charge is 0.492 e. The topological polar surface area (TPSA) is 100 Å². The predicted octanol–water partition coefficient (Wildman–Crippen LogP) is 2.73. The lowest BCUT2D eigenvalue weighted by molar-refractivity contribution is -0.123. The van der Waals surface area contributed by atoms with E-state index in [1.165, 1.54) is 6.92 Å². The second-order valence-electron chi connectivity index (χ2n) is 6.32. The Morgan fingerprint density at radius 3 is 2.35 bits per heavy atom. The number of alkyl carbamates (subject to hydrolysis) is 1. The van der Waals surface area contributed by atoms with Gasteiger partial charge in [-0.2, -0.15) is 5.26 Å². The van der Waals surface area contributed by atoms with Crippen LogP contribution in [0.15, 0.2) is 36.6 Å². The first-order valence-electron chi connectivity index (χ1n) is 8.30. The average Bonchev–Trinajstić information content (AvgIpc) is 2.57. The number of nitrogens with zero attached hydrogens (tertiary/aromatic N) is 1. The fourth-order valence-electron chi connectivity index (χ4n) is 2.13. The van der Waals surface area contributed by atoms with Crippen LogP contribution >= 0.6 is 0 Å². The van der Waals surface area contributed by atoms with E-state index in [0.29, 0.717) is 17.9 Å². The summed E-state index contributed by atoms with van der Waals surface area (Å²) in [7, 11) is 0. The molecular formula is C19H25N3O4. The number of allylic oxidation sites excluding steroid dienone is 1. The molecule has 0 bridgehead atoms. The molecule has 0 aliphatic heterocycles. The van der Waals surface area contributed by atoms with Crippen molar-refractivity contribution >= 4 is 12.0 Å². The van der Waals surface area contributed by atoms with Crippen LogP contribution < -0.4 is 15.4 Å². The fraction of sp³-hybridized carbons (Fsp3) is 0.421. The van der Waals surface area contributed by atoms with Gasteiger partial charge in [0, 0.05) is 6.04 Å². The average molecular weight is 359 g/mol. The summed E-state index contributed by atoms with van der Waals surface area (Å²) in [5, 5.41) is 14.1. The van der Waals surface area contributed by atoms with E-state index >= 15 is 0 Å². The SMILES string of the molecule is C=C(C)OC(=O)NC(=O)[C@@H](NC(C)COc1ccc(C#N)cc1)C(C)C. The number of ether oxygens (including phenoxy) is 2. The number of rotatable bonds is 8. The van der Waals surface area contributed by atoms with Gasteiger partial charge in [0.05, 0.1) is 23.4 Å². The standard InChI is InChI=1S/C19H25N3O4/c1-12(2)17(18(23)22-19(24)26-13(3)4)21-14(5)11-25-16-8-6-15(10-20)7-9-16/h6-9,12,14,17,21H,3,11H2,1-2,4-5H3,(H,22,23,24)/t14?,17-/m0/s1. The summed E-state index contributed by atoms with van der Waals surface area (Å²) in [5.41, 5.74) is 0.557. The van der Waals surface area contributed by atoms with Gasteiger partial charge in [-0.3, -0.25) is 15.4 Å². The maximum Gasteiger partial charge on any atom is 0.419 e. The maximum absolute atomic E-state index is 12.3. The molecule has 7 nitrogen and oxygen atoms in total. The van der Waals surface area contributed by atoms with E-state index in [0.717, 1.165) is 0 Å². The number of benzene rings is 1. The van der Waals surface area contributed by atoms with Gasteiger partial charge in [0.2, 0.25) is 5.91 Å². The van der Waals surface area contributed by atoms with Gasteiger partial charge in [0.25, 0.3) is 0 Å². The third kappa shape index (κ3) is 7.36. The van der Waals surface area contributed by atoms with Gasteiger partial charge < -0.3 is 9.47 Å². The van der Waals surface area contributed by atoms with Crippen molar-refractivity contribution in [1.29, 1.82) is 5.26 Å². The van der Waals surface area contributed by atoms with Crippen LogP contribution in [0.25, 0.3) is 0 Å². The molecule has 1 rings (SSSR count). The monoisotopic (exact) mass is 359 g/mol. The van der Waals surface area contributed by atoms with Gasteiger partial charge in [-0.15, -0.1) is 0 Å². The van der Waals surface area contributed by atoms with Crippen molar-refractivity contribution in [3.8, 4) is 11.8 Å². The molecule has 0 spiro atoms. The van der Waals surface area contributed by atoms with Crippen LogP contribution in [0.1, 0.15) is 33.3 Å². The number of amides is 2. The number of hydrogen-bond acceptors (Lipinski definition) is 6. The second kappa shape index (κ2) is 10.2. The maximum atomic E-state index is 12.3. The molecule has 2 N–H and O–H groups in total. The Kier molecular flexibility index (Phi) is 8.32. The highest BCUT2D eigenvalue weighted by Crippen LogP contribution is 2.12. The van der Waals surface area contributed by atoms with Gasteiger partial charge in [-0.1, -0.05) is 20.4 Å². The van der Waals surface area contributed by atoms with Gasteiger partial charge in [-0.25, -0.2) is 4.79 Å². The molecule has 0 fully saturated rings. The summed E-state index contributed by atoms with van der Waals surface area (Å²) in [4.78, 5) is 23.8. The molecule has 7 heteroatoms. The van der Waals surface area contributed by atoms with E-state index in [4.69, 9.17) is 14.7 Å². The van der Waals surface area contributed by atoms with Crippen molar-refractivity contribution in [1.82, 2.24) is 10.6 Å². The summed E-state index contributed by atoms with van der Waals surface area (Å²) in [6.45, 7) is 10.9. The van der Waals surface area contributed by atoms with E-state index in [2.05, 4.69) is 17.2 Å². The zero-order valence-electron chi connectivity index (χ0n) is 15.5. The molecule has 0 aliphatic rings. The van der Waals surface area contributed by atoms with Crippen molar-refractivity contribution in [2.24, 2.45) is 5.92 Å². The van der Waals surface area contributed by atoms with Crippen LogP contribution in [0.2, 0.25) is 0 Å². The third-order valence-electron chi connectivity index (χ3n) is 3.39. The van der Waals surface area contributed by atoms with E-state index in [-0.39, 0.29) is 17.7 Å². The van der Waals surface area contributed by atoms with Crippen LogP contribution in [0.3, 0.4) is 0 Å². The molecule has 1 unspecified atom stereocenters. The van der Waals surface area contributed by atoms with Crippen LogP contribution in [-0.2, 0) is 9.53 Å². The van der Waals surface area contributed by atoms with Crippen LogP contribution in [0.5, 0.6) is 5.75 Å². The molecule has 0 saturated heterocycles.